The van der Waals surface area contributed by atoms with E-state index in [1.54, 1.807) is 19.3 Å². The summed E-state index contributed by atoms with van der Waals surface area (Å²) < 4.78 is 22.1. The minimum absolute atomic E-state index is 0.125. The van der Waals surface area contributed by atoms with Gasteiger partial charge in [0, 0.05) is 16.9 Å². The minimum atomic E-state index is -1.92. The number of aliphatic hydroxyl groups excluding tert-OH is 1. The normalized spacial score (nSPS) is 56.2. The van der Waals surface area contributed by atoms with E-state index in [1.165, 1.54) is 6.26 Å². The molecule has 0 spiro atoms. The van der Waals surface area contributed by atoms with Crippen LogP contribution in [0.15, 0.2) is 23.0 Å². The molecule has 5 heterocycles. The molecule has 0 amide bonds. The zero-order valence-corrected chi connectivity index (χ0v) is 15.5. The first-order valence-corrected chi connectivity index (χ1v) is 9.72. The van der Waals surface area contributed by atoms with Crippen LogP contribution in [0.2, 0.25) is 0 Å². The number of furan rings is 1. The first-order valence-electron chi connectivity index (χ1n) is 9.72. The summed E-state index contributed by atoms with van der Waals surface area (Å²) in [5.41, 5.74) is -2.98. The summed E-state index contributed by atoms with van der Waals surface area (Å²) in [6.07, 6.45) is 0.491. The van der Waals surface area contributed by atoms with Gasteiger partial charge in [-0.1, -0.05) is 13.8 Å². The first-order chi connectivity index (χ1) is 13.2. The van der Waals surface area contributed by atoms with Gasteiger partial charge in [-0.3, -0.25) is 4.79 Å². The van der Waals surface area contributed by atoms with E-state index in [9.17, 15) is 19.8 Å². The topological polar surface area (TPSA) is 119 Å². The zero-order valence-electron chi connectivity index (χ0n) is 15.5. The summed E-state index contributed by atoms with van der Waals surface area (Å²) in [4.78, 5) is 25.6. The van der Waals surface area contributed by atoms with E-state index in [1.807, 2.05) is 6.92 Å². The molecule has 2 aliphatic carbocycles. The highest BCUT2D eigenvalue weighted by Gasteiger charge is 2.86. The molecule has 8 heteroatoms. The average Bonchev–Trinajstić information content (AvgIpc) is 3.27. The predicted molar refractivity (Wildman–Crippen MR) is 89.5 cm³/mol. The molecule has 0 radical (unpaired) electrons. The maximum absolute atomic E-state index is 12.9. The molecule has 150 valence electrons. The Labute approximate surface area is 160 Å². The number of hydrogen-bond acceptors (Lipinski definition) is 8. The van der Waals surface area contributed by atoms with Crippen LogP contribution < -0.4 is 0 Å². The van der Waals surface area contributed by atoms with Crippen molar-refractivity contribution in [1.29, 1.82) is 0 Å². The van der Waals surface area contributed by atoms with Crippen molar-refractivity contribution < 1.29 is 38.4 Å². The molecule has 4 saturated heterocycles. The number of carbonyl (C=O) groups excluding carboxylic acids is 2. The molecule has 2 bridgehead atoms. The lowest BCUT2D eigenvalue weighted by molar-refractivity contribution is -0.307. The fraction of sp³-hybridized carbons (Fsp3) is 0.700. The SMILES string of the molecule is C[C@@]12C[C@H](c3ccoc3)OC(=O)[C@@H]1C[C@H](O)[C@]1(C)[C@H]2[C@H]2OC(=O)[C@]1(O)[C@H]1O[C@@H]21. The highest BCUT2D eigenvalue weighted by atomic mass is 16.7. The number of hydrogen-bond donors (Lipinski definition) is 2. The molecule has 2 saturated carbocycles. The Kier molecular flexibility index (Phi) is 2.92. The number of esters is 2. The van der Waals surface area contributed by atoms with E-state index in [2.05, 4.69) is 0 Å². The Morgan fingerprint density at radius 1 is 1.18 bits per heavy atom. The standard InChI is InChI=1S/C20H22O8/c1-18-6-10(8-3-4-25-7-8)26-16(22)9(18)5-11(21)19(2)14(18)12-13-15(27-13)20(19,24)17(23)28-12/h3-4,7,9-15,21,24H,5-6H2,1-2H3/t9-,10+,11-,12-,13-,14-,15-,18+,19+,20+/m0/s1. The largest absolute Gasteiger partial charge is 0.472 e. The average molecular weight is 390 g/mol. The van der Waals surface area contributed by atoms with Gasteiger partial charge in [-0.2, -0.15) is 0 Å². The summed E-state index contributed by atoms with van der Waals surface area (Å²) in [7, 11) is 0. The highest BCUT2D eigenvalue weighted by Crippen LogP contribution is 2.72. The van der Waals surface area contributed by atoms with Gasteiger partial charge in [0.1, 0.15) is 24.4 Å². The van der Waals surface area contributed by atoms with E-state index < -0.39 is 64.8 Å². The second-order valence-electron chi connectivity index (χ2n) is 9.41. The van der Waals surface area contributed by atoms with Crippen LogP contribution in [-0.4, -0.2) is 52.2 Å². The lowest BCUT2D eigenvalue weighted by atomic mass is 9.40. The van der Waals surface area contributed by atoms with Crippen LogP contribution in [0, 0.1) is 22.7 Å². The quantitative estimate of drug-likeness (QED) is 0.532. The second-order valence-corrected chi connectivity index (χ2v) is 9.41. The molecule has 28 heavy (non-hydrogen) atoms. The molecule has 8 nitrogen and oxygen atoms in total. The Morgan fingerprint density at radius 3 is 2.68 bits per heavy atom. The van der Waals surface area contributed by atoms with Gasteiger partial charge in [-0.05, 0) is 24.3 Å². The van der Waals surface area contributed by atoms with Crippen LogP contribution >= 0.6 is 0 Å². The number of rotatable bonds is 1. The van der Waals surface area contributed by atoms with Crippen LogP contribution in [0.3, 0.4) is 0 Å². The number of epoxide rings is 1. The molecule has 4 aliphatic heterocycles. The molecule has 10 atom stereocenters. The number of cyclic esters (lactones) is 1. The zero-order chi connectivity index (χ0) is 19.6. The predicted octanol–water partition coefficient (Wildman–Crippen LogP) is 0.715. The maximum atomic E-state index is 12.9. The third-order valence-electron chi connectivity index (χ3n) is 8.35. The number of fused-ring (bicyclic) bond motifs is 2. The smallest absolute Gasteiger partial charge is 0.342 e. The van der Waals surface area contributed by atoms with Crippen LogP contribution in [-0.2, 0) is 23.8 Å². The monoisotopic (exact) mass is 390 g/mol. The lowest BCUT2D eigenvalue weighted by Crippen LogP contribution is -2.80. The van der Waals surface area contributed by atoms with Crippen LogP contribution in [0.5, 0.6) is 0 Å². The molecule has 2 N–H and O–H groups in total. The number of ether oxygens (including phenoxy) is 3. The minimum Gasteiger partial charge on any atom is -0.472 e. The Morgan fingerprint density at radius 2 is 1.96 bits per heavy atom. The van der Waals surface area contributed by atoms with E-state index in [4.69, 9.17) is 18.6 Å². The summed E-state index contributed by atoms with van der Waals surface area (Å²) >= 11 is 0. The van der Waals surface area contributed by atoms with Crippen molar-refractivity contribution in [1.82, 2.24) is 0 Å². The van der Waals surface area contributed by atoms with Gasteiger partial charge >= 0.3 is 11.9 Å². The van der Waals surface area contributed by atoms with E-state index >= 15 is 0 Å². The molecular formula is C20H22O8. The Balaban J connectivity index is 1.50. The molecule has 1 aromatic heterocycles. The van der Waals surface area contributed by atoms with Crippen molar-refractivity contribution in [2.24, 2.45) is 22.7 Å². The van der Waals surface area contributed by atoms with Gasteiger partial charge in [0.25, 0.3) is 0 Å². The van der Waals surface area contributed by atoms with Crippen molar-refractivity contribution in [3.63, 3.8) is 0 Å². The van der Waals surface area contributed by atoms with E-state index in [0.717, 1.165) is 5.56 Å². The molecular weight excluding hydrogens is 368 g/mol. The van der Waals surface area contributed by atoms with Crippen LogP contribution in [0.4, 0.5) is 0 Å². The Hall–Kier alpha value is -1.90. The van der Waals surface area contributed by atoms with Crippen molar-refractivity contribution in [3.8, 4) is 0 Å². The van der Waals surface area contributed by atoms with Crippen LogP contribution in [0.1, 0.15) is 38.4 Å². The van der Waals surface area contributed by atoms with E-state index in [0.29, 0.717) is 6.42 Å². The molecule has 6 fully saturated rings. The fourth-order valence-electron chi connectivity index (χ4n) is 6.89. The van der Waals surface area contributed by atoms with Crippen molar-refractivity contribution in [2.45, 2.75) is 62.8 Å². The van der Waals surface area contributed by atoms with Gasteiger partial charge < -0.3 is 28.8 Å². The van der Waals surface area contributed by atoms with Gasteiger partial charge in [0.2, 0.25) is 0 Å². The van der Waals surface area contributed by atoms with Gasteiger partial charge in [-0.15, -0.1) is 0 Å². The third-order valence-corrected chi connectivity index (χ3v) is 8.35. The highest BCUT2D eigenvalue weighted by molar-refractivity contribution is 5.86. The van der Waals surface area contributed by atoms with Gasteiger partial charge in [0.05, 0.1) is 24.5 Å². The maximum Gasteiger partial charge on any atom is 0.342 e. The molecule has 1 aromatic rings. The molecule has 6 aliphatic rings. The Bertz CT molecular complexity index is 881. The summed E-state index contributed by atoms with van der Waals surface area (Å²) in [5.74, 6) is -2.11. The van der Waals surface area contributed by atoms with Gasteiger partial charge in [-0.25, -0.2) is 4.79 Å². The van der Waals surface area contributed by atoms with Crippen molar-refractivity contribution in [2.75, 3.05) is 0 Å². The molecule has 0 unspecified atom stereocenters. The molecule has 0 aromatic carbocycles. The second kappa shape index (κ2) is 4.80. The van der Waals surface area contributed by atoms with E-state index in [-0.39, 0.29) is 12.4 Å². The summed E-state index contributed by atoms with van der Waals surface area (Å²) in [5, 5.41) is 22.5. The first kappa shape index (κ1) is 17.0. The van der Waals surface area contributed by atoms with Crippen LogP contribution in [0.25, 0.3) is 0 Å². The number of aliphatic hydroxyl groups is 2. The lowest BCUT2D eigenvalue weighted by Gasteiger charge is -2.67. The van der Waals surface area contributed by atoms with Gasteiger partial charge in [0.15, 0.2) is 5.60 Å². The fourth-order valence-corrected chi connectivity index (χ4v) is 6.89. The van der Waals surface area contributed by atoms with Crippen molar-refractivity contribution in [3.05, 3.63) is 24.2 Å². The third kappa shape index (κ3) is 1.62. The number of carbonyl (C=O) groups is 2. The summed E-state index contributed by atoms with van der Waals surface area (Å²) in [6, 6.07) is 1.76. The molecule has 7 rings (SSSR count). The summed E-state index contributed by atoms with van der Waals surface area (Å²) in [6.45, 7) is 3.72. The van der Waals surface area contributed by atoms with Crippen molar-refractivity contribution >= 4 is 11.9 Å².